The lowest BCUT2D eigenvalue weighted by molar-refractivity contribution is -0.0497. The molecule has 1 saturated heterocycles. The Kier molecular flexibility index (Phi) is 8.53. The molecule has 1 aliphatic rings. The summed E-state index contributed by atoms with van der Waals surface area (Å²) in [5, 5.41) is 2.78. The topological polar surface area (TPSA) is 54.0 Å². The smallest absolute Gasteiger partial charge is 0.387 e. The first-order chi connectivity index (χ1) is 12.9. The van der Waals surface area contributed by atoms with E-state index in [9.17, 15) is 13.6 Å². The van der Waals surface area contributed by atoms with Crippen molar-refractivity contribution in [2.45, 2.75) is 32.9 Å². The summed E-state index contributed by atoms with van der Waals surface area (Å²) in [5.74, 6) is -0.126. The third kappa shape index (κ3) is 6.48. The minimum atomic E-state index is -2.95. The molecule has 2 rings (SSSR count). The van der Waals surface area contributed by atoms with Crippen molar-refractivity contribution in [3.8, 4) is 5.75 Å². The molecular weight excluding hydrogens is 380 g/mol. The Morgan fingerprint density at radius 2 is 2.15 bits per heavy atom. The normalized spacial score (nSPS) is 18.0. The predicted octanol–water partition coefficient (Wildman–Crippen LogP) is 3.91. The third-order valence-electron chi connectivity index (χ3n) is 4.49. The van der Waals surface area contributed by atoms with Crippen LogP contribution in [0.5, 0.6) is 5.75 Å². The van der Waals surface area contributed by atoms with Crippen LogP contribution in [0.25, 0.3) is 0 Å². The lowest BCUT2D eigenvalue weighted by Gasteiger charge is -2.41. The van der Waals surface area contributed by atoms with E-state index < -0.39 is 6.61 Å². The van der Waals surface area contributed by atoms with Crippen LogP contribution in [-0.4, -0.2) is 67.9 Å². The summed E-state index contributed by atoms with van der Waals surface area (Å²) in [5.41, 5.74) is 0.429. The lowest BCUT2D eigenvalue weighted by atomic mass is 10.1. The Morgan fingerprint density at radius 1 is 1.37 bits per heavy atom. The summed E-state index contributed by atoms with van der Waals surface area (Å²) >= 11 is 5.93. The quantitative estimate of drug-likeness (QED) is 0.666. The van der Waals surface area contributed by atoms with E-state index in [1.54, 1.807) is 4.90 Å². The van der Waals surface area contributed by atoms with Gasteiger partial charge in [0.15, 0.2) is 0 Å². The van der Waals surface area contributed by atoms with Crippen molar-refractivity contribution in [3.05, 3.63) is 23.2 Å². The first-order valence-electron chi connectivity index (χ1n) is 9.06. The molecule has 1 atom stereocenters. The van der Waals surface area contributed by atoms with E-state index in [0.717, 1.165) is 19.5 Å². The molecule has 1 unspecified atom stereocenters. The molecule has 0 bridgehead atoms. The van der Waals surface area contributed by atoms with E-state index in [2.05, 4.69) is 21.9 Å². The monoisotopic (exact) mass is 405 g/mol. The fourth-order valence-electron chi connectivity index (χ4n) is 3.06. The number of nitrogens with one attached hydrogen (secondary N) is 1. The van der Waals surface area contributed by atoms with Gasteiger partial charge in [0.1, 0.15) is 5.75 Å². The Balaban J connectivity index is 1.91. The Bertz CT molecular complexity index is 622. The molecule has 1 N–H and O–H groups in total. The number of halogens is 3. The summed E-state index contributed by atoms with van der Waals surface area (Å²) in [6.07, 6.45) is 0.932. The summed E-state index contributed by atoms with van der Waals surface area (Å²) < 4.78 is 34.3. The predicted molar refractivity (Wildman–Crippen MR) is 101 cm³/mol. The number of amides is 2. The first kappa shape index (κ1) is 21.7. The van der Waals surface area contributed by atoms with E-state index >= 15 is 0 Å². The molecule has 1 aromatic rings. The van der Waals surface area contributed by atoms with Crippen LogP contribution >= 0.6 is 11.6 Å². The van der Waals surface area contributed by atoms with Crippen LogP contribution in [0.3, 0.4) is 0 Å². The number of benzene rings is 1. The second-order valence-electron chi connectivity index (χ2n) is 6.19. The minimum Gasteiger partial charge on any atom is -0.433 e. The number of hydrogen-bond donors (Lipinski definition) is 1. The van der Waals surface area contributed by atoms with Crippen molar-refractivity contribution in [2.75, 3.05) is 44.7 Å². The lowest BCUT2D eigenvalue weighted by Crippen LogP contribution is -2.56. The maximum Gasteiger partial charge on any atom is 0.387 e. The highest BCUT2D eigenvalue weighted by molar-refractivity contribution is 6.32. The fraction of sp³-hybridized carbons (Fsp3) is 0.611. The molecule has 152 valence electrons. The van der Waals surface area contributed by atoms with Gasteiger partial charge in [0.2, 0.25) is 0 Å². The average Bonchev–Trinajstić information content (AvgIpc) is 2.64. The van der Waals surface area contributed by atoms with Crippen molar-refractivity contribution < 1.29 is 23.0 Å². The molecule has 1 aliphatic heterocycles. The zero-order valence-electron chi connectivity index (χ0n) is 15.6. The molecule has 1 aromatic carbocycles. The van der Waals surface area contributed by atoms with Gasteiger partial charge < -0.3 is 19.7 Å². The molecule has 0 radical (unpaired) electrons. The zero-order valence-corrected chi connectivity index (χ0v) is 16.3. The minimum absolute atomic E-state index is 0.0141. The summed E-state index contributed by atoms with van der Waals surface area (Å²) in [6.45, 7) is 5.35. The molecule has 2 amide bonds. The molecule has 9 heteroatoms. The standard InChI is InChI=1S/C18H26ClF2N3O3/c1-3-14-12-24(8-7-23(14)9-10-26-4-2)18(25)22-13-5-6-16(15(19)11-13)27-17(20)21/h5-6,11,14,17H,3-4,7-10,12H2,1-2H3,(H,22,25). The highest BCUT2D eigenvalue weighted by Crippen LogP contribution is 2.29. The molecule has 0 aromatic heterocycles. The van der Waals surface area contributed by atoms with Crippen LogP contribution < -0.4 is 10.1 Å². The van der Waals surface area contributed by atoms with Gasteiger partial charge in [-0.05, 0) is 31.5 Å². The van der Waals surface area contributed by atoms with Crippen molar-refractivity contribution in [2.24, 2.45) is 0 Å². The number of carbonyl (C=O) groups is 1. The van der Waals surface area contributed by atoms with Crippen LogP contribution in [0.15, 0.2) is 18.2 Å². The van der Waals surface area contributed by atoms with Gasteiger partial charge in [-0.15, -0.1) is 0 Å². The number of urea groups is 1. The van der Waals surface area contributed by atoms with Gasteiger partial charge in [-0.3, -0.25) is 4.90 Å². The number of ether oxygens (including phenoxy) is 2. The SMILES string of the molecule is CCOCCN1CCN(C(=O)Nc2ccc(OC(F)F)c(Cl)c2)CC1CC. The van der Waals surface area contributed by atoms with Gasteiger partial charge in [0.25, 0.3) is 0 Å². The van der Waals surface area contributed by atoms with Crippen molar-refractivity contribution in [1.29, 1.82) is 0 Å². The van der Waals surface area contributed by atoms with Crippen molar-refractivity contribution in [1.82, 2.24) is 9.80 Å². The second kappa shape index (κ2) is 10.6. The molecular formula is C18H26ClF2N3O3. The van der Waals surface area contributed by atoms with Gasteiger partial charge >= 0.3 is 12.6 Å². The molecule has 0 aliphatic carbocycles. The van der Waals surface area contributed by atoms with E-state index in [0.29, 0.717) is 32.0 Å². The second-order valence-corrected chi connectivity index (χ2v) is 6.60. The molecule has 6 nitrogen and oxygen atoms in total. The summed E-state index contributed by atoms with van der Waals surface area (Å²) in [4.78, 5) is 16.6. The Hall–Kier alpha value is -1.64. The molecule has 0 saturated carbocycles. The van der Waals surface area contributed by atoms with Crippen LogP contribution in [-0.2, 0) is 4.74 Å². The first-order valence-corrected chi connectivity index (χ1v) is 9.44. The molecule has 0 spiro atoms. The Morgan fingerprint density at radius 3 is 2.78 bits per heavy atom. The van der Waals surface area contributed by atoms with Crippen LogP contribution in [0.2, 0.25) is 5.02 Å². The van der Waals surface area contributed by atoms with Gasteiger partial charge in [-0.25, -0.2) is 4.79 Å². The van der Waals surface area contributed by atoms with Gasteiger partial charge in [-0.2, -0.15) is 8.78 Å². The molecule has 1 heterocycles. The summed E-state index contributed by atoms with van der Waals surface area (Å²) in [6, 6.07) is 4.22. The maximum absolute atomic E-state index is 12.5. The van der Waals surface area contributed by atoms with Gasteiger partial charge in [0, 0.05) is 44.5 Å². The van der Waals surface area contributed by atoms with Gasteiger partial charge in [-0.1, -0.05) is 18.5 Å². The Labute approximate surface area is 163 Å². The number of nitrogens with zero attached hydrogens (tertiary/aromatic N) is 2. The number of anilines is 1. The zero-order chi connectivity index (χ0) is 19.8. The number of piperazine rings is 1. The van der Waals surface area contributed by atoms with E-state index in [4.69, 9.17) is 16.3 Å². The highest BCUT2D eigenvalue weighted by atomic mass is 35.5. The van der Waals surface area contributed by atoms with Gasteiger partial charge in [0.05, 0.1) is 11.6 Å². The van der Waals surface area contributed by atoms with Crippen LogP contribution in [0, 0.1) is 0 Å². The molecule has 1 fully saturated rings. The largest absolute Gasteiger partial charge is 0.433 e. The average molecular weight is 406 g/mol. The van der Waals surface area contributed by atoms with E-state index in [1.807, 2.05) is 6.92 Å². The number of hydrogen-bond acceptors (Lipinski definition) is 4. The summed E-state index contributed by atoms with van der Waals surface area (Å²) in [7, 11) is 0. The van der Waals surface area contributed by atoms with Crippen LogP contribution in [0.4, 0.5) is 19.3 Å². The van der Waals surface area contributed by atoms with Crippen LogP contribution in [0.1, 0.15) is 20.3 Å². The molecule has 27 heavy (non-hydrogen) atoms. The third-order valence-corrected chi connectivity index (χ3v) is 4.78. The van der Waals surface area contributed by atoms with Crippen molar-refractivity contribution in [3.63, 3.8) is 0 Å². The number of carbonyl (C=O) groups excluding carboxylic acids is 1. The fourth-order valence-corrected chi connectivity index (χ4v) is 3.28. The van der Waals surface area contributed by atoms with E-state index in [1.165, 1.54) is 18.2 Å². The number of alkyl halides is 2. The number of rotatable bonds is 8. The van der Waals surface area contributed by atoms with Crippen molar-refractivity contribution >= 4 is 23.3 Å². The maximum atomic E-state index is 12.5. The van der Waals surface area contributed by atoms with E-state index in [-0.39, 0.29) is 22.8 Å². The highest BCUT2D eigenvalue weighted by Gasteiger charge is 2.28.